The molecule has 0 atom stereocenters. The summed E-state index contributed by atoms with van der Waals surface area (Å²) in [6.45, 7) is 2.98. The smallest absolute Gasteiger partial charge is 0.340 e. The zero-order valence-corrected chi connectivity index (χ0v) is 12.5. The summed E-state index contributed by atoms with van der Waals surface area (Å²) in [6.07, 6.45) is 2.80. The Morgan fingerprint density at radius 3 is 2.65 bits per heavy atom. The molecule has 20 heavy (non-hydrogen) atoms. The fraction of sp³-hybridized carbons (Fsp3) is 0.533. The van der Waals surface area contributed by atoms with Crippen LogP contribution < -0.4 is 10.6 Å². The third-order valence-electron chi connectivity index (χ3n) is 3.37. The van der Waals surface area contributed by atoms with Crippen molar-refractivity contribution in [3.63, 3.8) is 0 Å². The number of nitrogen functional groups attached to an aromatic ring is 1. The first-order chi connectivity index (χ1) is 9.51. The molecule has 0 aliphatic rings. The van der Waals surface area contributed by atoms with Crippen LogP contribution in [0.15, 0.2) is 12.1 Å². The van der Waals surface area contributed by atoms with E-state index in [1.165, 1.54) is 7.11 Å². The number of methoxy groups -OCH3 is 1. The van der Waals surface area contributed by atoms with Gasteiger partial charge in [0, 0.05) is 31.6 Å². The van der Waals surface area contributed by atoms with Gasteiger partial charge < -0.3 is 20.5 Å². The number of hydrogen-bond acceptors (Lipinski definition) is 5. The molecule has 0 saturated heterocycles. The standard InChI is InChI=1S/C15H24N2O3/c1-11-9-12(17(2)7-5-4-6-8-18)10-13(14(11)16)15(19)20-3/h9-10,18H,4-8,16H2,1-3H3. The third-order valence-corrected chi connectivity index (χ3v) is 3.37. The van der Waals surface area contributed by atoms with Crippen LogP contribution in [0.1, 0.15) is 35.2 Å². The van der Waals surface area contributed by atoms with Crippen molar-refractivity contribution in [2.24, 2.45) is 0 Å². The summed E-state index contributed by atoms with van der Waals surface area (Å²) in [7, 11) is 3.33. The molecule has 0 saturated carbocycles. The molecule has 5 nitrogen and oxygen atoms in total. The molecule has 0 unspecified atom stereocenters. The fourth-order valence-electron chi connectivity index (χ4n) is 2.05. The molecule has 5 heteroatoms. The van der Waals surface area contributed by atoms with Gasteiger partial charge in [-0.25, -0.2) is 4.79 Å². The molecular weight excluding hydrogens is 256 g/mol. The van der Waals surface area contributed by atoms with Gasteiger partial charge in [0.25, 0.3) is 0 Å². The Bertz CT molecular complexity index is 461. The van der Waals surface area contributed by atoms with E-state index in [4.69, 9.17) is 15.6 Å². The van der Waals surface area contributed by atoms with Crippen molar-refractivity contribution in [3.05, 3.63) is 23.3 Å². The summed E-state index contributed by atoms with van der Waals surface area (Å²) in [5, 5.41) is 8.76. The number of unbranched alkanes of at least 4 members (excludes halogenated alkanes) is 2. The molecule has 112 valence electrons. The van der Waals surface area contributed by atoms with Crippen LogP contribution in [0.2, 0.25) is 0 Å². The lowest BCUT2D eigenvalue weighted by molar-refractivity contribution is 0.0602. The lowest BCUT2D eigenvalue weighted by atomic mass is 10.1. The third kappa shape index (κ3) is 4.13. The second-order valence-corrected chi connectivity index (χ2v) is 4.92. The SMILES string of the molecule is COC(=O)c1cc(N(C)CCCCCO)cc(C)c1N. The predicted octanol–water partition coefficient (Wildman–Crippen LogP) is 1.96. The Morgan fingerprint density at radius 1 is 1.35 bits per heavy atom. The minimum Gasteiger partial charge on any atom is -0.465 e. The number of rotatable bonds is 7. The highest BCUT2D eigenvalue weighted by atomic mass is 16.5. The topological polar surface area (TPSA) is 75.8 Å². The first-order valence-electron chi connectivity index (χ1n) is 6.81. The Morgan fingerprint density at radius 2 is 2.05 bits per heavy atom. The molecule has 0 amide bonds. The normalized spacial score (nSPS) is 10.4. The van der Waals surface area contributed by atoms with Gasteiger partial charge in [0.15, 0.2) is 0 Å². The monoisotopic (exact) mass is 280 g/mol. The van der Waals surface area contributed by atoms with E-state index >= 15 is 0 Å². The van der Waals surface area contributed by atoms with E-state index in [0.29, 0.717) is 11.3 Å². The molecule has 0 bridgehead atoms. The maximum atomic E-state index is 11.7. The molecule has 0 heterocycles. The highest BCUT2D eigenvalue weighted by Crippen LogP contribution is 2.25. The maximum Gasteiger partial charge on any atom is 0.340 e. The molecule has 1 aromatic rings. The van der Waals surface area contributed by atoms with Gasteiger partial charge in [-0.2, -0.15) is 0 Å². The first kappa shape index (κ1) is 16.3. The van der Waals surface area contributed by atoms with Crippen LogP contribution >= 0.6 is 0 Å². The minimum absolute atomic E-state index is 0.233. The van der Waals surface area contributed by atoms with E-state index in [-0.39, 0.29) is 6.61 Å². The molecule has 0 spiro atoms. The van der Waals surface area contributed by atoms with Gasteiger partial charge in [-0.1, -0.05) is 0 Å². The van der Waals surface area contributed by atoms with Gasteiger partial charge in [-0.15, -0.1) is 0 Å². The summed E-state index contributed by atoms with van der Waals surface area (Å²) in [5.74, 6) is -0.416. The van der Waals surface area contributed by atoms with E-state index in [9.17, 15) is 4.79 Å². The van der Waals surface area contributed by atoms with Gasteiger partial charge in [0.05, 0.1) is 12.7 Å². The second kappa shape index (κ2) is 7.75. The highest BCUT2D eigenvalue weighted by molar-refractivity contribution is 5.97. The summed E-state index contributed by atoms with van der Waals surface area (Å²) in [5.41, 5.74) is 8.61. The van der Waals surface area contributed by atoms with E-state index in [0.717, 1.165) is 37.1 Å². The van der Waals surface area contributed by atoms with Crippen molar-refractivity contribution in [1.82, 2.24) is 0 Å². The lowest BCUT2D eigenvalue weighted by Crippen LogP contribution is -2.20. The lowest BCUT2D eigenvalue weighted by Gasteiger charge is -2.21. The van der Waals surface area contributed by atoms with E-state index in [2.05, 4.69) is 4.90 Å². The number of nitrogens with zero attached hydrogens (tertiary/aromatic N) is 1. The minimum atomic E-state index is -0.416. The van der Waals surface area contributed by atoms with Crippen LogP contribution in [0, 0.1) is 6.92 Å². The van der Waals surface area contributed by atoms with Crippen LogP contribution in [0.4, 0.5) is 11.4 Å². The number of nitrogens with two attached hydrogens (primary N) is 1. The van der Waals surface area contributed by atoms with Gasteiger partial charge in [0.1, 0.15) is 0 Å². The van der Waals surface area contributed by atoms with E-state index < -0.39 is 5.97 Å². The van der Waals surface area contributed by atoms with Crippen LogP contribution in [0.5, 0.6) is 0 Å². The zero-order valence-electron chi connectivity index (χ0n) is 12.5. The number of anilines is 2. The molecule has 0 aliphatic heterocycles. The van der Waals surface area contributed by atoms with Crippen LogP contribution in [0.3, 0.4) is 0 Å². The molecule has 0 aromatic heterocycles. The van der Waals surface area contributed by atoms with Gasteiger partial charge >= 0.3 is 5.97 Å². The van der Waals surface area contributed by atoms with Crippen molar-refractivity contribution in [1.29, 1.82) is 0 Å². The number of ether oxygens (including phenoxy) is 1. The number of esters is 1. The number of benzene rings is 1. The second-order valence-electron chi connectivity index (χ2n) is 4.92. The van der Waals surface area contributed by atoms with Gasteiger partial charge in [-0.05, 0) is 43.9 Å². The first-order valence-corrected chi connectivity index (χ1v) is 6.81. The number of aliphatic hydroxyl groups excluding tert-OH is 1. The van der Waals surface area contributed by atoms with E-state index in [1.807, 2.05) is 20.0 Å². The summed E-state index contributed by atoms with van der Waals surface area (Å²) < 4.78 is 4.75. The molecule has 3 N–H and O–H groups in total. The number of aliphatic hydroxyl groups is 1. The van der Waals surface area contributed by atoms with Gasteiger partial charge in [-0.3, -0.25) is 0 Å². The molecule has 1 aromatic carbocycles. The van der Waals surface area contributed by atoms with Crippen molar-refractivity contribution in [2.45, 2.75) is 26.2 Å². The Labute approximate surface area is 120 Å². The molecular formula is C15H24N2O3. The number of carbonyl (C=O) groups is 1. The average molecular weight is 280 g/mol. The molecule has 0 fully saturated rings. The van der Waals surface area contributed by atoms with Crippen LogP contribution in [0.25, 0.3) is 0 Å². The summed E-state index contributed by atoms with van der Waals surface area (Å²) >= 11 is 0. The summed E-state index contributed by atoms with van der Waals surface area (Å²) in [4.78, 5) is 13.8. The van der Waals surface area contributed by atoms with E-state index in [1.54, 1.807) is 6.07 Å². The Kier molecular flexibility index (Phi) is 6.31. The number of carbonyl (C=O) groups excluding carboxylic acids is 1. The molecule has 0 radical (unpaired) electrons. The van der Waals surface area contributed by atoms with Crippen molar-refractivity contribution in [2.75, 3.05) is 37.9 Å². The number of hydrogen-bond donors (Lipinski definition) is 2. The van der Waals surface area contributed by atoms with Crippen molar-refractivity contribution >= 4 is 17.3 Å². The Hall–Kier alpha value is -1.75. The average Bonchev–Trinajstić information content (AvgIpc) is 2.45. The number of aryl methyl sites for hydroxylation is 1. The fourth-order valence-corrected chi connectivity index (χ4v) is 2.05. The maximum absolute atomic E-state index is 11.7. The van der Waals surface area contributed by atoms with Crippen molar-refractivity contribution < 1.29 is 14.6 Å². The predicted molar refractivity (Wildman–Crippen MR) is 81.1 cm³/mol. The van der Waals surface area contributed by atoms with Crippen LogP contribution in [-0.2, 0) is 4.74 Å². The van der Waals surface area contributed by atoms with Crippen molar-refractivity contribution in [3.8, 4) is 0 Å². The summed E-state index contributed by atoms with van der Waals surface area (Å²) in [6, 6.07) is 3.73. The molecule has 1 rings (SSSR count). The quantitative estimate of drug-likeness (QED) is 0.453. The highest BCUT2D eigenvalue weighted by Gasteiger charge is 2.14. The molecule has 0 aliphatic carbocycles. The van der Waals surface area contributed by atoms with Crippen LogP contribution in [-0.4, -0.2) is 38.4 Å². The largest absolute Gasteiger partial charge is 0.465 e. The van der Waals surface area contributed by atoms with Gasteiger partial charge in [0.2, 0.25) is 0 Å². The Balaban J connectivity index is 2.84. The zero-order chi connectivity index (χ0) is 15.1.